The van der Waals surface area contributed by atoms with Gasteiger partial charge in [-0.05, 0) is 25.3 Å². The molecule has 26 heavy (non-hydrogen) atoms. The maximum absolute atomic E-state index is 12.1. The van der Waals surface area contributed by atoms with Gasteiger partial charge in [0.05, 0.1) is 0 Å². The van der Waals surface area contributed by atoms with E-state index in [0.29, 0.717) is 22.0 Å². The van der Waals surface area contributed by atoms with Gasteiger partial charge in [-0.1, -0.05) is 12.1 Å². The first-order valence-corrected chi connectivity index (χ1v) is 9.10. The molecule has 0 saturated carbocycles. The van der Waals surface area contributed by atoms with Crippen LogP contribution < -0.4 is 5.43 Å². The van der Waals surface area contributed by atoms with Crippen LogP contribution in [0.1, 0.15) is 12.5 Å². The first-order chi connectivity index (χ1) is 12.4. The number of carbonyl (C=O) groups excluding carboxylic acids is 2. The molecule has 0 aliphatic carbocycles. The molecule has 2 amide bonds. The van der Waals surface area contributed by atoms with Gasteiger partial charge < -0.3 is 0 Å². The van der Waals surface area contributed by atoms with Gasteiger partial charge in [-0.2, -0.15) is 10.3 Å². The van der Waals surface area contributed by atoms with Crippen molar-refractivity contribution in [2.45, 2.75) is 16.8 Å². The van der Waals surface area contributed by atoms with E-state index >= 15 is 0 Å². The van der Waals surface area contributed by atoms with Crippen molar-refractivity contribution in [1.82, 2.24) is 15.0 Å². The molecule has 1 aliphatic rings. The second kappa shape index (κ2) is 7.19. The monoisotopic (exact) mass is 383 g/mol. The number of thiol groups is 1. The summed E-state index contributed by atoms with van der Waals surface area (Å²) in [7, 11) is 0. The number of imide groups is 1. The average Bonchev–Trinajstić information content (AvgIpc) is 2.87. The lowest BCUT2D eigenvalue weighted by atomic mass is 10.2. The lowest BCUT2D eigenvalue weighted by Gasteiger charge is -2.18. The molecule has 1 aliphatic heterocycles. The smallest absolute Gasteiger partial charge is 0.270 e. The first-order valence-electron chi connectivity index (χ1n) is 7.43. The normalized spacial score (nSPS) is 13.6. The van der Waals surface area contributed by atoms with Crippen LogP contribution in [0.3, 0.4) is 0 Å². The standard InChI is InChI=1S/C17H13N5O2S2/c1-9-6-13(23)22(17(9)24)21-15-12(8-18)16(26-2)20-14(19-15)10-4-3-5-11(25)7-10/h3-7,25H,1-2H3,(H,19,20,21). The van der Waals surface area contributed by atoms with Crippen molar-refractivity contribution in [1.29, 1.82) is 5.26 Å². The van der Waals surface area contributed by atoms with Crippen molar-refractivity contribution in [2.24, 2.45) is 0 Å². The fourth-order valence-corrected chi connectivity index (χ4v) is 3.09. The molecule has 1 N–H and O–H groups in total. The number of hydrogen-bond donors (Lipinski definition) is 2. The minimum Gasteiger partial charge on any atom is -0.270 e. The summed E-state index contributed by atoms with van der Waals surface area (Å²) >= 11 is 5.59. The number of nitrogens with one attached hydrogen (secondary N) is 1. The number of rotatable bonds is 4. The summed E-state index contributed by atoms with van der Waals surface area (Å²) in [4.78, 5) is 33.6. The van der Waals surface area contributed by atoms with E-state index in [1.165, 1.54) is 17.8 Å². The molecule has 0 atom stereocenters. The van der Waals surface area contributed by atoms with E-state index in [-0.39, 0.29) is 11.4 Å². The number of amides is 2. The zero-order valence-corrected chi connectivity index (χ0v) is 15.6. The van der Waals surface area contributed by atoms with Crippen LogP contribution in [0, 0.1) is 11.3 Å². The molecule has 0 saturated heterocycles. The number of nitriles is 1. The van der Waals surface area contributed by atoms with E-state index in [9.17, 15) is 14.9 Å². The molecular weight excluding hydrogens is 370 g/mol. The molecule has 7 nitrogen and oxygen atoms in total. The summed E-state index contributed by atoms with van der Waals surface area (Å²) in [6.07, 6.45) is 3.01. The van der Waals surface area contributed by atoms with Gasteiger partial charge >= 0.3 is 0 Å². The van der Waals surface area contributed by atoms with Crippen molar-refractivity contribution in [2.75, 3.05) is 11.7 Å². The predicted octanol–water partition coefficient (Wildman–Crippen LogP) is 2.67. The maximum Gasteiger partial charge on any atom is 0.275 e. The zero-order chi connectivity index (χ0) is 18.8. The van der Waals surface area contributed by atoms with Crippen molar-refractivity contribution in [3.05, 3.63) is 41.5 Å². The minimum atomic E-state index is -0.514. The third-order valence-electron chi connectivity index (χ3n) is 3.60. The van der Waals surface area contributed by atoms with Crippen LogP contribution in [0.2, 0.25) is 0 Å². The van der Waals surface area contributed by atoms with Crippen molar-refractivity contribution >= 4 is 42.0 Å². The fourth-order valence-electron chi connectivity index (χ4n) is 2.34. The van der Waals surface area contributed by atoms with Crippen molar-refractivity contribution < 1.29 is 9.59 Å². The van der Waals surface area contributed by atoms with Crippen molar-refractivity contribution in [3.63, 3.8) is 0 Å². The molecule has 1 aromatic carbocycles. The molecule has 1 aromatic heterocycles. The van der Waals surface area contributed by atoms with Crippen LogP contribution in [0.15, 0.2) is 45.8 Å². The number of anilines is 1. The van der Waals surface area contributed by atoms with Crippen molar-refractivity contribution in [3.8, 4) is 17.5 Å². The Bertz CT molecular complexity index is 997. The number of thioether (sulfide) groups is 1. The summed E-state index contributed by atoms with van der Waals surface area (Å²) in [6, 6.07) is 9.26. The van der Waals surface area contributed by atoms with Gasteiger partial charge in [-0.25, -0.2) is 9.97 Å². The van der Waals surface area contributed by atoms with Gasteiger partial charge in [-0.3, -0.25) is 15.0 Å². The Morgan fingerprint density at radius 3 is 2.65 bits per heavy atom. The Balaban J connectivity index is 2.09. The lowest BCUT2D eigenvalue weighted by molar-refractivity contribution is -0.135. The summed E-state index contributed by atoms with van der Waals surface area (Å²) in [5.41, 5.74) is 3.84. The van der Waals surface area contributed by atoms with Gasteiger partial charge in [0, 0.05) is 22.1 Å². The molecule has 2 aromatic rings. The Kier molecular flexibility index (Phi) is 4.97. The van der Waals surface area contributed by atoms with Crippen LogP contribution >= 0.6 is 24.4 Å². The Morgan fingerprint density at radius 1 is 1.31 bits per heavy atom. The van der Waals surface area contributed by atoms with Crippen LogP contribution in [-0.4, -0.2) is 33.0 Å². The quantitative estimate of drug-likeness (QED) is 0.362. The summed E-state index contributed by atoms with van der Waals surface area (Å²) < 4.78 is 0. The first kappa shape index (κ1) is 18.0. The molecule has 0 radical (unpaired) electrons. The van der Waals surface area contributed by atoms with E-state index in [2.05, 4.69) is 28.0 Å². The predicted molar refractivity (Wildman–Crippen MR) is 100 cm³/mol. The lowest BCUT2D eigenvalue weighted by Crippen LogP contribution is -2.37. The van der Waals surface area contributed by atoms with E-state index < -0.39 is 11.8 Å². The van der Waals surface area contributed by atoms with Crippen LogP contribution in [0.5, 0.6) is 0 Å². The topological polar surface area (TPSA) is 99.0 Å². The van der Waals surface area contributed by atoms with E-state index in [0.717, 1.165) is 9.90 Å². The highest BCUT2D eigenvalue weighted by Crippen LogP contribution is 2.29. The van der Waals surface area contributed by atoms with E-state index in [4.69, 9.17) is 0 Å². The van der Waals surface area contributed by atoms with Crippen LogP contribution in [0.4, 0.5) is 5.82 Å². The summed E-state index contributed by atoms with van der Waals surface area (Å²) in [5.74, 6) is -0.548. The van der Waals surface area contributed by atoms with Gasteiger partial charge in [-0.15, -0.1) is 24.4 Å². The highest BCUT2D eigenvalue weighted by molar-refractivity contribution is 7.98. The molecule has 0 unspecified atom stereocenters. The van der Waals surface area contributed by atoms with Gasteiger partial charge in [0.15, 0.2) is 11.6 Å². The highest BCUT2D eigenvalue weighted by Gasteiger charge is 2.30. The molecule has 2 heterocycles. The Labute approximate surface area is 159 Å². The second-order valence-electron chi connectivity index (χ2n) is 5.36. The number of hydrogen-bond acceptors (Lipinski definition) is 8. The molecule has 0 bridgehead atoms. The molecule has 9 heteroatoms. The second-order valence-corrected chi connectivity index (χ2v) is 6.67. The van der Waals surface area contributed by atoms with E-state index in [1.54, 1.807) is 19.2 Å². The summed E-state index contributed by atoms with van der Waals surface area (Å²) in [6.45, 7) is 1.55. The molecule has 3 rings (SSSR count). The van der Waals surface area contributed by atoms with Gasteiger partial charge in [0.25, 0.3) is 11.8 Å². The maximum atomic E-state index is 12.1. The number of aromatic nitrogens is 2. The minimum absolute atomic E-state index is 0.0937. The third kappa shape index (κ3) is 3.29. The molecule has 0 fully saturated rings. The highest BCUT2D eigenvalue weighted by atomic mass is 32.2. The average molecular weight is 383 g/mol. The fraction of sp³-hybridized carbons (Fsp3) is 0.118. The molecule has 0 spiro atoms. The third-order valence-corrected chi connectivity index (χ3v) is 4.56. The number of benzene rings is 1. The SMILES string of the molecule is CSc1nc(-c2cccc(S)c2)nc(NN2C(=O)C=C(C)C2=O)c1C#N. The molecule has 130 valence electrons. The van der Waals surface area contributed by atoms with Gasteiger partial charge in [0.2, 0.25) is 0 Å². The zero-order valence-electron chi connectivity index (χ0n) is 13.8. The van der Waals surface area contributed by atoms with Crippen LogP contribution in [-0.2, 0) is 9.59 Å². The van der Waals surface area contributed by atoms with Gasteiger partial charge in [0.1, 0.15) is 16.7 Å². The Morgan fingerprint density at radius 2 is 2.08 bits per heavy atom. The van der Waals surface area contributed by atoms with E-state index in [1.807, 2.05) is 24.3 Å². The number of nitrogens with zero attached hydrogens (tertiary/aromatic N) is 4. The Hall–Kier alpha value is -2.83. The van der Waals surface area contributed by atoms with Crippen LogP contribution in [0.25, 0.3) is 11.4 Å². The number of carbonyl (C=O) groups is 2. The largest absolute Gasteiger partial charge is 0.275 e. The molecular formula is C17H13N5O2S2. The summed E-state index contributed by atoms with van der Waals surface area (Å²) in [5, 5.41) is 10.8. The number of hydrazine groups is 1.